The first-order valence-corrected chi connectivity index (χ1v) is 11.1. The van der Waals surface area contributed by atoms with Crippen molar-refractivity contribution in [3.63, 3.8) is 0 Å². The number of fused-ring (bicyclic) bond motifs is 1. The van der Waals surface area contributed by atoms with Gasteiger partial charge in [-0.3, -0.25) is 4.79 Å². The summed E-state index contributed by atoms with van der Waals surface area (Å²) in [6.07, 6.45) is 0.991. The molecule has 1 aromatic heterocycles. The third-order valence-electron chi connectivity index (χ3n) is 6.31. The molecule has 4 rings (SSSR count). The highest BCUT2D eigenvalue weighted by atomic mass is 16.5. The molecule has 1 fully saturated rings. The monoisotopic (exact) mass is 447 g/mol. The Morgan fingerprint density at radius 3 is 2.79 bits per heavy atom. The number of rotatable bonds is 7. The Morgan fingerprint density at radius 1 is 1.39 bits per heavy atom. The Balaban J connectivity index is 1.95. The number of hydrogen-bond donors (Lipinski definition) is 1. The van der Waals surface area contributed by atoms with Crippen LogP contribution >= 0.6 is 0 Å². The van der Waals surface area contributed by atoms with Gasteiger partial charge in [-0.05, 0) is 31.5 Å². The molecule has 0 spiro atoms. The zero-order valence-electron chi connectivity index (χ0n) is 19.5. The minimum absolute atomic E-state index is 0.0182. The lowest BCUT2D eigenvalue weighted by Gasteiger charge is -2.24. The molecule has 0 aliphatic carbocycles. The molecule has 33 heavy (non-hydrogen) atoms. The Hall–Kier alpha value is -3.41. The number of nitrogens with one attached hydrogen (secondary N) is 1. The molecule has 2 aromatic carbocycles. The summed E-state index contributed by atoms with van der Waals surface area (Å²) < 4.78 is 11.2. The Bertz CT molecular complexity index is 1200. The van der Waals surface area contributed by atoms with Crippen LogP contribution in [0.2, 0.25) is 0 Å². The molecule has 0 saturated carbocycles. The lowest BCUT2D eigenvalue weighted by Crippen LogP contribution is -2.30. The van der Waals surface area contributed by atoms with Gasteiger partial charge in [0.05, 0.1) is 17.9 Å². The van der Waals surface area contributed by atoms with Gasteiger partial charge < -0.3 is 24.3 Å². The van der Waals surface area contributed by atoms with Crippen LogP contribution in [0.5, 0.6) is 0 Å². The van der Waals surface area contributed by atoms with E-state index >= 15 is 0 Å². The molecule has 0 unspecified atom stereocenters. The van der Waals surface area contributed by atoms with Crippen LogP contribution in [-0.2, 0) is 4.74 Å². The summed E-state index contributed by atoms with van der Waals surface area (Å²) in [5, 5.41) is 13.4. The molecular formula is C25H29N5O3. The van der Waals surface area contributed by atoms with Gasteiger partial charge in [0.25, 0.3) is 5.89 Å². The molecule has 1 atom stereocenters. The molecular weight excluding hydrogens is 418 g/mol. The van der Waals surface area contributed by atoms with Crippen LogP contribution < -0.4 is 10.2 Å². The van der Waals surface area contributed by atoms with Crippen molar-refractivity contribution in [3.05, 3.63) is 47.3 Å². The molecule has 3 aromatic rings. The predicted molar refractivity (Wildman–Crippen MR) is 127 cm³/mol. The largest absolute Gasteiger partial charge is 0.430 e. The van der Waals surface area contributed by atoms with Gasteiger partial charge in [-0.1, -0.05) is 30.3 Å². The summed E-state index contributed by atoms with van der Waals surface area (Å²) in [4.78, 5) is 21.3. The van der Waals surface area contributed by atoms with E-state index in [2.05, 4.69) is 21.3 Å². The van der Waals surface area contributed by atoms with Crippen molar-refractivity contribution < 1.29 is 13.9 Å². The van der Waals surface area contributed by atoms with E-state index in [1.807, 2.05) is 44.3 Å². The second-order valence-corrected chi connectivity index (χ2v) is 8.34. The van der Waals surface area contributed by atoms with Crippen LogP contribution in [0.25, 0.3) is 22.2 Å². The number of amides is 1. The van der Waals surface area contributed by atoms with Crippen molar-refractivity contribution in [1.29, 1.82) is 5.26 Å². The fourth-order valence-electron chi connectivity index (χ4n) is 4.42. The fourth-order valence-corrected chi connectivity index (χ4v) is 4.42. The Labute approximate surface area is 193 Å². The molecule has 1 amide bonds. The number of benzene rings is 2. The summed E-state index contributed by atoms with van der Waals surface area (Å²) in [7, 11) is 5.24. The number of carbonyl (C=O) groups is 1. The highest BCUT2D eigenvalue weighted by Crippen LogP contribution is 2.43. The van der Waals surface area contributed by atoms with E-state index in [0.29, 0.717) is 35.9 Å². The molecule has 1 N–H and O–H groups in total. The smallest absolute Gasteiger partial charge is 0.309 e. The first-order valence-electron chi connectivity index (χ1n) is 11.1. The number of nitrogens with zero attached hydrogens (tertiary/aromatic N) is 4. The van der Waals surface area contributed by atoms with Gasteiger partial charge in [0.15, 0.2) is 5.58 Å². The average molecular weight is 448 g/mol. The van der Waals surface area contributed by atoms with E-state index in [-0.39, 0.29) is 11.8 Å². The van der Waals surface area contributed by atoms with E-state index in [0.717, 1.165) is 41.9 Å². The number of carbonyl (C=O) groups excluding carboxylic acids is 1. The maximum Gasteiger partial charge on any atom is 0.309 e. The molecule has 0 bridgehead atoms. The third-order valence-corrected chi connectivity index (χ3v) is 6.31. The van der Waals surface area contributed by atoms with Gasteiger partial charge >= 0.3 is 5.91 Å². The second-order valence-electron chi connectivity index (χ2n) is 8.34. The van der Waals surface area contributed by atoms with Crippen molar-refractivity contribution in [1.82, 2.24) is 15.2 Å². The highest BCUT2D eigenvalue weighted by molar-refractivity contribution is 6.04. The molecule has 1 saturated heterocycles. The lowest BCUT2D eigenvalue weighted by molar-refractivity contribution is 0.0708. The van der Waals surface area contributed by atoms with E-state index in [1.165, 1.54) is 4.90 Å². The van der Waals surface area contributed by atoms with Gasteiger partial charge in [0.1, 0.15) is 11.6 Å². The third kappa shape index (κ3) is 4.17. The van der Waals surface area contributed by atoms with Gasteiger partial charge in [-0.25, -0.2) is 4.98 Å². The molecule has 8 nitrogen and oxygen atoms in total. The standard InChI is InChI=1S/C25H29N5O3/c1-16-19(14-26)21-23(33-24(28-21)25(31)29(3)12-13-32-4)22(30-11-10-18(15-30)27-2)20(16)17-8-6-5-7-9-17/h5-9,18,27H,10-13,15H2,1-4H3/t18-/m0/s1. The molecule has 8 heteroatoms. The predicted octanol–water partition coefficient (Wildman–Crippen LogP) is 3.19. The maximum absolute atomic E-state index is 13.0. The fraction of sp³-hybridized carbons (Fsp3) is 0.400. The molecule has 2 heterocycles. The van der Waals surface area contributed by atoms with Crippen LogP contribution in [-0.4, -0.2) is 69.3 Å². The quantitative estimate of drug-likeness (QED) is 0.594. The van der Waals surface area contributed by atoms with Crippen LogP contribution in [0, 0.1) is 18.3 Å². The van der Waals surface area contributed by atoms with Crippen LogP contribution in [0.4, 0.5) is 5.69 Å². The molecule has 0 radical (unpaired) electrons. The van der Waals surface area contributed by atoms with Crippen molar-refractivity contribution in [2.75, 3.05) is 52.3 Å². The number of nitriles is 1. The first kappa shape index (κ1) is 22.8. The zero-order valence-corrected chi connectivity index (χ0v) is 19.5. The average Bonchev–Trinajstić information content (AvgIpc) is 3.49. The topological polar surface area (TPSA) is 94.6 Å². The Morgan fingerprint density at radius 2 is 2.15 bits per heavy atom. The summed E-state index contributed by atoms with van der Waals surface area (Å²) in [5.41, 5.74) is 5.00. The number of oxazole rings is 1. The highest BCUT2D eigenvalue weighted by Gasteiger charge is 2.31. The van der Waals surface area contributed by atoms with E-state index < -0.39 is 0 Å². The number of aromatic nitrogens is 1. The number of methoxy groups -OCH3 is 1. The SMILES string of the molecule is CN[C@H]1CCN(c2c(-c3ccccc3)c(C)c(C#N)c3nc(C(=O)N(C)CCOC)oc23)C1. The van der Waals surface area contributed by atoms with Crippen molar-refractivity contribution in [2.24, 2.45) is 0 Å². The normalized spacial score (nSPS) is 15.7. The first-order chi connectivity index (χ1) is 16.0. The van der Waals surface area contributed by atoms with Crippen molar-refractivity contribution in [2.45, 2.75) is 19.4 Å². The molecule has 172 valence electrons. The van der Waals surface area contributed by atoms with Crippen LogP contribution in [0.15, 0.2) is 34.7 Å². The molecule has 1 aliphatic heterocycles. The maximum atomic E-state index is 13.0. The zero-order chi connectivity index (χ0) is 23.5. The van der Waals surface area contributed by atoms with E-state index in [4.69, 9.17) is 9.15 Å². The van der Waals surface area contributed by atoms with Crippen molar-refractivity contribution >= 4 is 22.7 Å². The van der Waals surface area contributed by atoms with Gasteiger partial charge in [0.2, 0.25) is 0 Å². The summed E-state index contributed by atoms with van der Waals surface area (Å²) in [6, 6.07) is 12.7. The minimum atomic E-state index is -0.341. The number of anilines is 1. The van der Waals surface area contributed by atoms with Gasteiger partial charge in [-0.15, -0.1) is 0 Å². The van der Waals surface area contributed by atoms with Gasteiger partial charge in [-0.2, -0.15) is 5.26 Å². The van der Waals surface area contributed by atoms with Crippen molar-refractivity contribution in [3.8, 4) is 17.2 Å². The molecule has 1 aliphatic rings. The summed E-state index contributed by atoms with van der Waals surface area (Å²) in [5.74, 6) is -0.359. The number of ether oxygens (including phenoxy) is 1. The summed E-state index contributed by atoms with van der Waals surface area (Å²) in [6.45, 7) is 4.40. The Kier molecular flexibility index (Phi) is 6.63. The van der Waals surface area contributed by atoms with E-state index in [1.54, 1.807) is 14.2 Å². The number of likely N-dealkylation sites (N-methyl/N-ethyl adjacent to an activating group) is 2. The second kappa shape index (κ2) is 9.61. The van der Waals surface area contributed by atoms with Crippen LogP contribution in [0.3, 0.4) is 0 Å². The number of hydrogen-bond acceptors (Lipinski definition) is 7. The summed E-state index contributed by atoms with van der Waals surface area (Å²) >= 11 is 0. The van der Waals surface area contributed by atoms with Crippen LogP contribution in [0.1, 0.15) is 28.2 Å². The van der Waals surface area contributed by atoms with Gasteiger partial charge in [0, 0.05) is 45.4 Å². The minimum Gasteiger partial charge on any atom is -0.430 e. The van der Waals surface area contributed by atoms with E-state index in [9.17, 15) is 10.1 Å². The lowest BCUT2D eigenvalue weighted by atomic mass is 9.93.